The molecule has 2 fully saturated rings. The maximum absolute atomic E-state index is 13.1. The molecule has 0 aliphatic carbocycles. The maximum atomic E-state index is 13.1. The second-order valence-corrected chi connectivity index (χ2v) is 8.10. The highest BCUT2D eigenvalue weighted by atomic mass is 32.1. The van der Waals surface area contributed by atoms with Crippen LogP contribution in [0.15, 0.2) is 41.8 Å². The number of nitrogens with one attached hydrogen (secondary N) is 1. The van der Waals surface area contributed by atoms with Gasteiger partial charge in [-0.05, 0) is 54.8 Å². The molecule has 0 spiro atoms. The predicted molar refractivity (Wildman–Crippen MR) is 98.2 cm³/mol. The Hall–Kier alpha value is -1.72. The zero-order chi connectivity index (χ0) is 17.2. The van der Waals surface area contributed by atoms with Crippen molar-refractivity contribution in [3.63, 3.8) is 0 Å². The molecule has 0 radical (unpaired) electrons. The standard InChI is InChI=1S/C20H23FN2OS/c21-15-8-6-14(7-9-15)13-23-17-3-1-4-18(23)12-16(11-17)22-20(24)19-5-2-10-25-19/h2,5-10,16-18H,1,3-4,11-13H2,(H,22,24)/t17-,18-/m1/s1. The van der Waals surface area contributed by atoms with Gasteiger partial charge < -0.3 is 5.32 Å². The molecule has 0 saturated carbocycles. The normalized spacial score (nSPS) is 26.4. The van der Waals surface area contributed by atoms with Crippen molar-refractivity contribution >= 4 is 17.2 Å². The number of hydrogen-bond donors (Lipinski definition) is 1. The topological polar surface area (TPSA) is 32.3 Å². The Morgan fingerprint density at radius 3 is 2.52 bits per heavy atom. The second kappa shape index (κ2) is 7.26. The molecule has 2 atom stereocenters. The molecule has 132 valence electrons. The minimum Gasteiger partial charge on any atom is -0.348 e. The summed E-state index contributed by atoms with van der Waals surface area (Å²) in [6, 6.07) is 11.9. The monoisotopic (exact) mass is 358 g/mol. The van der Waals surface area contributed by atoms with Crippen LogP contribution in [0, 0.1) is 5.82 Å². The van der Waals surface area contributed by atoms with Gasteiger partial charge in [-0.15, -0.1) is 11.3 Å². The molecule has 4 rings (SSSR count). The van der Waals surface area contributed by atoms with E-state index in [0.29, 0.717) is 12.1 Å². The molecule has 1 aromatic carbocycles. The molecule has 2 bridgehead atoms. The van der Waals surface area contributed by atoms with Crippen LogP contribution in [0.25, 0.3) is 0 Å². The summed E-state index contributed by atoms with van der Waals surface area (Å²) in [6.45, 7) is 0.876. The van der Waals surface area contributed by atoms with E-state index in [1.165, 1.54) is 36.2 Å². The Labute approximate surface area is 151 Å². The lowest BCUT2D eigenvalue weighted by Gasteiger charge is -2.49. The summed E-state index contributed by atoms with van der Waals surface area (Å²) >= 11 is 1.49. The van der Waals surface area contributed by atoms with E-state index in [-0.39, 0.29) is 17.8 Å². The van der Waals surface area contributed by atoms with Crippen LogP contribution in [-0.2, 0) is 6.54 Å². The third kappa shape index (κ3) is 3.77. The Bertz CT molecular complexity index is 702. The van der Waals surface area contributed by atoms with Crippen LogP contribution in [0.1, 0.15) is 47.3 Å². The summed E-state index contributed by atoms with van der Waals surface area (Å²) in [6.07, 6.45) is 5.65. The highest BCUT2D eigenvalue weighted by Gasteiger charge is 2.38. The SMILES string of the molecule is O=C(NC1C[C@H]2CCC[C@H](C1)N2Cc1ccc(F)cc1)c1cccs1. The van der Waals surface area contributed by atoms with Crippen LogP contribution >= 0.6 is 11.3 Å². The molecule has 1 N–H and O–H groups in total. The number of halogens is 1. The Kier molecular flexibility index (Phi) is 4.86. The van der Waals surface area contributed by atoms with Crippen molar-refractivity contribution in [3.05, 3.63) is 58.0 Å². The highest BCUT2D eigenvalue weighted by molar-refractivity contribution is 7.12. The van der Waals surface area contributed by atoms with Crippen molar-refractivity contribution in [2.75, 3.05) is 0 Å². The van der Waals surface area contributed by atoms with Crippen LogP contribution in [0.3, 0.4) is 0 Å². The number of piperidine rings is 2. The van der Waals surface area contributed by atoms with Crippen molar-refractivity contribution in [2.45, 2.75) is 56.8 Å². The number of rotatable bonds is 4. The van der Waals surface area contributed by atoms with E-state index in [1.54, 1.807) is 12.1 Å². The van der Waals surface area contributed by atoms with Gasteiger partial charge in [-0.3, -0.25) is 9.69 Å². The van der Waals surface area contributed by atoms with Gasteiger partial charge in [0.15, 0.2) is 0 Å². The predicted octanol–water partition coefficient (Wildman–Crippen LogP) is 4.20. The highest BCUT2D eigenvalue weighted by Crippen LogP contribution is 2.35. The van der Waals surface area contributed by atoms with E-state index >= 15 is 0 Å². The lowest BCUT2D eigenvalue weighted by atomic mass is 9.81. The molecule has 1 amide bonds. The van der Waals surface area contributed by atoms with Gasteiger partial charge in [0.1, 0.15) is 5.82 Å². The van der Waals surface area contributed by atoms with Crippen molar-refractivity contribution in [2.24, 2.45) is 0 Å². The third-order valence-corrected chi connectivity index (χ3v) is 6.35. The number of carbonyl (C=O) groups is 1. The summed E-state index contributed by atoms with van der Waals surface area (Å²) in [4.78, 5) is 15.7. The third-order valence-electron chi connectivity index (χ3n) is 5.48. The number of amides is 1. The first-order valence-corrected chi connectivity index (χ1v) is 9.91. The summed E-state index contributed by atoms with van der Waals surface area (Å²) in [5, 5.41) is 5.18. The van der Waals surface area contributed by atoms with Crippen molar-refractivity contribution < 1.29 is 9.18 Å². The zero-order valence-electron chi connectivity index (χ0n) is 14.2. The Morgan fingerprint density at radius 1 is 1.16 bits per heavy atom. The first-order valence-electron chi connectivity index (χ1n) is 9.03. The van der Waals surface area contributed by atoms with E-state index in [4.69, 9.17) is 0 Å². The number of nitrogens with zero attached hydrogens (tertiary/aromatic N) is 1. The molecule has 2 aliphatic heterocycles. The lowest BCUT2D eigenvalue weighted by Crippen LogP contribution is -2.56. The minimum atomic E-state index is -0.182. The van der Waals surface area contributed by atoms with E-state index < -0.39 is 0 Å². The summed E-state index contributed by atoms with van der Waals surface area (Å²) < 4.78 is 13.1. The Morgan fingerprint density at radius 2 is 1.88 bits per heavy atom. The minimum absolute atomic E-state index is 0.0602. The summed E-state index contributed by atoms with van der Waals surface area (Å²) in [7, 11) is 0. The van der Waals surface area contributed by atoms with E-state index in [9.17, 15) is 9.18 Å². The molecular formula is C20H23FN2OS. The number of fused-ring (bicyclic) bond motifs is 2. The van der Waals surface area contributed by atoms with Crippen LogP contribution in [-0.4, -0.2) is 28.9 Å². The van der Waals surface area contributed by atoms with E-state index in [1.807, 2.05) is 29.6 Å². The lowest BCUT2D eigenvalue weighted by molar-refractivity contribution is 0.0177. The molecule has 25 heavy (non-hydrogen) atoms. The number of thiophene rings is 1. The molecule has 2 saturated heterocycles. The fraction of sp³-hybridized carbons (Fsp3) is 0.450. The molecule has 5 heteroatoms. The average Bonchev–Trinajstić information content (AvgIpc) is 3.12. The number of hydrogen-bond acceptors (Lipinski definition) is 3. The maximum Gasteiger partial charge on any atom is 0.261 e. The number of carbonyl (C=O) groups excluding carboxylic acids is 1. The van der Waals surface area contributed by atoms with E-state index in [2.05, 4.69) is 10.2 Å². The molecule has 3 nitrogen and oxygen atoms in total. The fourth-order valence-corrected chi connectivity index (χ4v) is 4.95. The van der Waals surface area contributed by atoms with Gasteiger partial charge in [0.05, 0.1) is 4.88 Å². The number of benzene rings is 1. The molecule has 3 heterocycles. The van der Waals surface area contributed by atoms with Gasteiger partial charge in [0, 0.05) is 24.7 Å². The Balaban J connectivity index is 1.41. The van der Waals surface area contributed by atoms with Gasteiger partial charge in [-0.1, -0.05) is 24.6 Å². The van der Waals surface area contributed by atoms with Crippen molar-refractivity contribution in [1.29, 1.82) is 0 Å². The smallest absolute Gasteiger partial charge is 0.261 e. The average molecular weight is 358 g/mol. The van der Waals surface area contributed by atoms with Gasteiger partial charge in [0.25, 0.3) is 5.91 Å². The fourth-order valence-electron chi connectivity index (χ4n) is 4.32. The molecular weight excluding hydrogens is 335 g/mol. The van der Waals surface area contributed by atoms with Crippen LogP contribution in [0.5, 0.6) is 0 Å². The van der Waals surface area contributed by atoms with Crippen LogP contribution < -0.4 is 5.32 Å². The van der Waals surface area contributed by atoms with Crippen LogP contribution in [0.2, 0.25) is 0 Å². The zero-order valence-corrected chi connectivity index (χ0v) is 15.0. The molecule has 2 aromatic rings. The van der Waals surface area contributed by atoms with Gasteiger partial charge in [-0.25, -0.2) is 4.39 Å². The summed E-state index contributed by atoms with van der Waals surface area (Å²) in [5.41, 5.74) is 1.17. The van der Waals surface area contributed by atoms with Crippen molar-refractivity contribution in [3.8, 4) is 0 Å². The first kappa shape index (κ1) is 16.7. The van der Waals surface area contributed by atoms with Gasteiger partial charge in [-0.2, -0.15) is 0 Å². The van der Waals surface area contributed by atoms with Crippen molar-refractivity contribution in [1.82, 2.24) is 10.2 Å². The second-order valence-electron chi connectivity index (χ2n) is 7.16. The summed E-state index contributed by atoms with van der Waals surface area (Å²) in [5.74, 6) is -0.121. The molecule has 2 aliphatic rings. The largest absolute Gasteiger partial charge is 0.348 e. The first-order chi connectivity index (χ1) is 12.2. The quantitative estimate of drug-likeness (QED) is 0.888. The van der Waals surface area contributed by atoms with Gasteiger partial charge >= 0.3 is 0 Å². The molecule has 0 unspecified atom stereocenters. The molecule has 1 aromatic heterocycles. The van der Waals surface area contributed by atoms with Gasteiger partial charge in [0.2, 0.25) is 0 Å². The van der Waals surface area contributed by atoms with Crippen LogP contribution in [0.4, 0.5) is 4.39 Å². The van der Waals surface area contributed by atoms with E-state index in [0.717, 1.165) is 24.3 Å².